The summed E-state index contributed by atoms with van der Waals surface area (Å²) < 4.78 is 10.2. The van der Waals surface area contributed by atoms with Crippen LogP contribution in [0, 0.1) is 10.1 Å². The molecule has 10 nitrogen and oxygen atoms in total. The first-order valence-corrected chi connectivity index (χ1v) is 9.72. The number of ether oxygens (including phenoxy) is 2. The number of hydrogen-bond donors (Lipinski definition) is 2. The van der Waals surface area contributed by atoms with Gasteiger partial charge in [0.15, 0.2) is 5.11 Å². The van der Waals surface area contributed by atoms with Crippen LogP contribution in [0.2, 0.25) is 0 Å². The molecule has 0 unspecified atom stereocenters. The second kappa shape index (κ2) is 9.96. The Morgan fingerprint density at radius 2 is 1.90 bits per heavy atom. The number of nitrogens with one attached hydrogen (secondary N) is 2. The van der Waals surface area contributed by atoms with E-state index < -0.39 is 16.8 Å². The normalized spacial score (nSPS) is 13.3. The van der Waals surface area contributed by atoms with Gasteiger partial charge in [-0.1, -0.05) is 12.1 Å². The van der Waals surface area contributed by atoms with Crippen molar-refractivity contribution in [2.24, 2.45) is 0 Å². The summed E-state index contributed by atoms with van der Waals surface area (Å²) in [6, 6.07) is 10.5. The number of carbonyl (C=O) groups is 2. The molecular formula is C20H20N4O6S. The van der Waals surface area contributed by atoms with E-state index in [1.165, 1.54) is 31.4 Å². The van der Waals surface area contributed by atoms with Crippen LogP contribution in [0.5, 0.6) is 0 Å². The van der Waals surface area contributed by atoms with Crippen LogP contribution in [0.1, 0.15) is 20.7 Å². The van der Waals surface area contributed by atoms with Crippen LogP contribution in [0.15, 0.2) is 42.5 Å². The first-order chi connectivity index (χ1) is 14.9. The molecule has 1 fully saturated rings. The van der Waals surface area contributed by atoms with Crippen LogP contribution in [-0.4, -0.2) is 55.3 Å². The van der Waals surface area contributed by atoms with Crippen molar-refractivity contribution >= 4 is 46.3 Å². The molecular weight excluding hydrogens is 424 g/mol. The topological polar surface area (TPSA) is 123 Å². The van der Waals surface area contributed by atoms with E-state index in [2.05, 4.69) is 15.5 Å². The third-order valence-electron chi connectivity index (χ3n) is 4.59. The largest absolute Gasteiger partial charge is 0.465 e. The predicted octanol–water partition coefficient (Wildman–Crippen LogP) is 2.34. The Morgan fingerprint density at radius 1 is 1.19 bits per heavy atom. The Bertz CT molecular complexity index is 1020. The van der Waals surface area contributed by atoms with Gasteiger partial charge < -0.3 is 19.7 Å². The molecule has 0 radical (unpaired) electrons. The van der Waals surface area contributed by atoms with Gasteiger partial charge in [-0.05, 0) is 36.5 Å². The molecule has 1 aliphatic rings. The van der Waals surface area contributed by atoms with Gasteiger partial charge in [-0.25, -0.2) is 4.79 Å². The van der Waals surface area contributed by atoms with E-state index in [0.29, 0.717) is 37.6 Å². The second-order valence-corrected chi connectivity index (χ2v) is 6.91. The van der Waals surface area contributed by atoms with Crippen LogP contribution in [-0.2, 0) is 9.47 Å². The summed E-state index contributed by atoms with van der Waals surface area (Å²) in [6.45, 7) is 2.39. The highest BCUT2D eigenvalue weighted by Crippen LogP contribution is 2.28. The number of esters is 1. The second-order valence-electron chi connectivity index (χ2n) is 6.51. The van der Waals surface area contributed by atoms with E-state index in [1.807, 2.05) is 0 Å². The van der Waals surface area contributed by atoms with Crippen LogP contribution >= 0.6 is 12.2 Å². The average Bonchev–Trinajstić information content (AvgIpc) is 2.78. The number of hydrogen-bond acceptors (Lipinski definition) is 8. The molecule has 31 heavy (non-hydrogen) atoms. The van der Waals surface area contributed by atoms with Crippen LogP contribution in [0.25, 0.3) is 0 Å². The predicted molar refractivity (Wildman–Crippen MR) is 118 cm³/mol. The lowest BCUT2D eigenvalue weighted by molar-refractivity contribution is -0.385. The number of carbonyl (C=O) groups excluding carboxylic acids is 2. The minimum absolute atomic E-state index is 0.0697. The monoisotopic (exact) mass is 444 g/mol. The van der Waals surface area contributed by atoms with Crippen LogP contribution in [0.4, 0.5) is 17.1 Å². The van der Waals surface area contributed by atoms with Gasteiger partial charge in [-0.15, -0.1) is 0 Å². The van der Waals surface area contributed by atoms with Crippen molar-refractivity contribution in [3.8, 4) is 0 Å². The van der Waals surface area contributed by atoms with Gasteiger partial charge in [-0.3, -0.25) is 20.2 Å². The summed E-state index contributed by atoms with van der Waals surface area (Å²) in [4.78, 5) is 37.1. The molecule has 0 saturated carbocycles. The van der Waals surface area contributed by atoms with Gasteiger partial charge in [-0.2, -0.15) is 0 Å². The number of amides is 1. The van der Waals surface area contributed by atoms with Gasteiger partial charge >= 0.3 is 5.97 Å². The fourth-order valence-corrected chi connectivity index (χ4v) is 3.31. The van der Waals surface area contributed by atoms with Crippen LogP contribution < -0.4 is 15.5 Å². The van der Waals surface area contributed by atoms with E-state index in [9.17, 15) is 19.7 Å². The molecule has 0 aliphatic carbocycles. The molecule has 1 heterocycles. The minimum Gasteiger partial charge on any atom is -0.465 e. The van der Waals surface area contributed by atoms with Crippen molar-refractivity contribution in [1.82, 2.24) is 5.32 Å². The number of nitro benzene ring substituents is 1. The maximum Gasteiger partial charge on any atom is 0.337 e. The van der Waals surface area contributed by atoms with Crippen molar-refractivity contribution in [3.63, 3.8) is 0 Å². The number of nitro groups is 1. The summed E-state index contributed by atoms with van der Waals surface area (Å²) in [7, 11) is 1.28. The van der Waals surface area contributed by atoms with Crippen molar-refractivity contribution in [1.29, 1.82) is 0 Å². The molecule has 0 spiro atoms. The zero-order valence-electron chi connectivity index (χ0n) is 16.6. The third-order valence-corrected chi connectivity index (χ3v) is 4.79. The van der Waals surface area contributed by atoms with Crippen molar-refractivity contribution in [2.45, 2.75) is 0 Å². The first-order valence-electron chi connectivity index (χ1n) is 9.31. The maximum atomic E-state index is 12.5. The first kappa shape index (κ1) is 22.1. The number of morpholine rings is 1. The fourth-order valence-electron chi connectivity index (χ4n) is 3.11. The number of benzene rings is 2. The van der Waals surface area contributed by atoms with Crippen molar-refractivity contribution < 1.29 is 24.0 Å². The molecule has 2 N–H and O–H groups in total. The summed E-state index contributed by atoms with van der Waals surface area (Å²) in [6.07, 6.45) is 0. The van der Waals surface area contributed by atoms with Gasteiger partial charge in [0.05, 0.1) is 42.2 Å². The Kier molecular flexibility index (Phi) is 7.11. The zero-order valence-corrected chi connectivity index (χ0v) is 17.4. The molecule has 2 aromatic carbocycles. The van der Waals surface area contributed by atoms with E-state index >= 15 is 0 Å². The van der Waals surface area contributed by atoms with E-state index in [4.69, 9.17) is 21.7 Å². The Morgan fingerprint density at radius 3 is 2.58 bits per heavy atom. The van der Waals surface area contributed by atoms with Gasteiger partial charge in [0.1, 0.15) is 5.56 Å². The molecule has 1 aliphatic heterocycles. The Balaban J connectivity index is 1.83. The molecule has 1 amide bonds. The number of nitrogens with zero attached hydrogens (tertiary/aromatic N) is 2. The molecule has 1 saturated heterocycles. The number of anilines is 2. The molecule has 2 aromatic rings. The highest BCUT2D eigenvalue weighted by atomic mass is 32.1. The molecule has 162 valence electrons. The third kappa shape index (κ3) is 5.32. The molecule has 11 heteroatoms. The summed E-state index contributed by atoms with van der Waals surface area (Å²) in [5, 5.41) is 16.5. The molecule has 3 rings (SSSR count). The average molecular weight is 444 g/mol. The lowest BCUT2D eigenvalue weighted by atomic mass is 10.1. The van der Waals surface area contributed by atoms with Gasteiger partial charge in [0, 0.05) is 19.2 Å². The van der Waals surface area contributed by atoms with Gasteiger partial charge in [0.25, 0.3) is 11.6 Å². The van der Waals surface area contributed by atoms with E-state index in [1.54, 1.807) is 18.2 Å². The lowest BCUT2D eigenvalue weighted by Gasteiger charge is -2.31. The fraction of sp³-hybridized carbons (Fsp3) is 0.250. The lowest BCUT2D eigenvalue weighted by Crippen LogP contribution is -2.38. The van der Waals surface area contributed by atoms with Gasteiger partial charge in [0.2, 0.25) is 0 Å². The molecule has 0 atom stereocenters. The van der Waals surface area contributed by atoms with Crippen molar-refractivity contribution in [3.05, 3.63) is 63.7 Å². The highest BCUT2D eigenvalue weighted by Gasteiger charge is 2.21. The maximum absolute atomic E-state index is 12.5. The number of methoxy groups -OCH3 is 1. The van der Waals surface area contributed by atoms with Crippen LogP contribution in [0.3, 0.4) is 0 Å². The summed E-state index contributed by atoms with van der Waals surface area (Å²) in [5.74, 6) is -1.24. The SMILES string of the molecule is COC(=O)c1ccc(N2CCOCC2)c(NC(=S)NC(=O)c2ccccc2[N+](=O)[O-])c1. The standard InChI is InChI=1S/C20H20N4O6S/c1-29-19(26)13-6-7-17(23-8-10-30-11-9-23)15(12-13)21-20(31)22-18(25)14-4-2-3-5-16(14)24(27)28/h2-7,12H,8-11H2,1H3,(H2,21,22,25,31). The number of thiocarbonyl (C=S) groups is 1. The zero-order chi connectivity index (χ0) is 22.4. The summed E-state index contributed by atoms with van der Waals surface area (Å²) in [5.41, 5.74) is 1.10. The quantitative estimate of drug-likeness (QED) is 0.310. The number of rotatable bonds is 5. The highest BCUT2D eigenvalue weighted by molar-refractivity contribution is 7.80. The molecule has 0 aromatic heterocycles. The smallest absolute Gasteiger partial charge is 0.337 e. The summed E-state index contributed by atoms with van der Waals surface area (Å²) >= 11 is 5.25. The number of para-hydroxylation sites is 1. The Hall–Kier alpha value is -3.57. The molecule has 0 bridgehead atoms. The van der Waals surface area contributed by atoms with E-state index in [0.717, 1.165) is 5.69 Å². The van der Waals surface area contributed by atoms with E-state index in [-0.39, 0.29) is 16.4 Å². The Labute approximate surface area is 183 Å². The minimum atomic E-state index is -0.721. The van der Waals surface area contributed by atoms with Crippen molar-refractivity contribution in [2.75, 3.05) is 43.6 Å².